The molecule has 4 rings (SSSR count). The molecule has 1 fully saturated rings. The molecule has 19 heteroatoms. The molecule has 0 bridgehead atoms. The lowest BCUT2D eigenvalue weighted by Gasteiger charge is -2.42. The predicted molar refractivity (Wildman–Crippen MR) is 127 cm³/mol. The Kier molecular flexibility index (Phi) is 6.74. The third-order valence-electron chi connectivity index (χ3n) is 5.24. The topological polar surface area (TPSA) is 268 Å². The number of nitrogen functional groups attached to an aromatic ring is 1. The Hall–Kier alpha value is -4.62. The summed E-state index contributed by atoms with van der Waals surface area (Å²) >= 11 is 0.952. The molecule has 0 spiro atoms. The number of phenols is 2. The van der Waals surface area contributed by atoms with Crippen LogP contribution < -0.4 is 11.1 Å². The minimum atomic E-state index is -4.82. The van der Waals surface area contributed by atoms with Crippen LogP contribution >= 0.6 is 11.3 Å². The number of thiazole rings is 1. The lowest BCUT2D eigenvalue weighted by molar-refractivity contribution is -0.143. The van der Waals surface area contributed by atoms with E-state index in [1.807, 2.05) is 0 Å². The zero-order valence-electron chi connectivity index (χ0n) is 19.0. The Morgan fingerprint density at radius 1 is 1.21 bits per heavy atom. The van der Waals surface area contributed by atoms with Crippen LogP contribution in [0.25, 0.3) is 11.0 Å². The molecule has 1 aromatic carbocycles. The van der Waals surface area contributed by atoms with Gasteiger partial charge in [-0.3, -0.25) is 14.1 Å². The summed E-state index contributed by atoms with van der Waals surface area (Å²) < 4.78 is 31.9. The number of anilines is 1. The first-order chi connectivity index (χ1) is 17.8. The highest BCUT2D eigenvalue weighted by molar-refractivity contribution is 7.84. The van der Waals surface area contributed by atoms with Gasteiger partial charge in [0.05, 0.1) is 17.1 Å². The average molecular weight is 568 g/mol. The molecule has 2 aromatic heterocycles. The first-order valence-corrected chi connectivity index (χ1v) is 12.5. The molecular weight excluding hydrogens is 550 g/mol. The Labute approximate surface area is 216 Å². The highest BCUT2D eigenvalue weighted by Crippen LogP contribution is 2.29. The number of β-lactam (4-membered cyclic amide) rings is 1. The van der Waals surface area contributed by atoms with Gasteiger partial charge in [0.1, 0.15) is 17.4 Å². The van der Waals surface area contributed by atoms with Crippen molar-refractivity contribution in [3.05, 3.63) is 34.6 Å². The molecule has 200 valence electrons. The summed E-state index contributed by atoms with van der Waals surface area (Å²) in [5.41, 5.74) is 4.26. The van der Waals surface area contributed by atoms with E-state index in [0.717, 1.165) is 23.5 Å². The third-order valence-corrected chi connectivity index (χ3v) is 6.93. The maximum atomic E-state index is 12.9. The number of hydrogen-bond acceptors (Lipinski definition) is 14. The standard InChI is InChI=1S/C19H17N7O10S2/c1-6-13(17(30)26(6)38(33,34)35)24-16(29)14(10-5-37-19(20)23-10)25-36-4-9-15(18(31)32)22-8-3-12(28)11(27)2-7(8)21-9/h2-3,5-6,13,27-28H,4H2,1H3,(H2,20,23)(H,24,29)(H,31,32)(H,33,34,35)/b25-14+/t6-,13+/m1/s1. The molecule has 1 aliphatic rings. The second kappa shape index (κ2) is 9.68. The number of nitrogens with zero attached hydrogens (tertiary/aromatic N) is 5. The van der Waals surface area contributed by atoms with E-state index in [1.165, 1.54) is 12.3 Å². The number of amides is 2. The summed E-state index contributed by atoms with van der Waals surface area (Å²) in [6.45, 7) is 0.648. The minimum absolute atomic E-state index is 0.0267. The molecule has 0 unspecified atom stereocenters. The van der Waals surface area contributed by atoms with E-state index in [1.54, 1.807) is 0 Å². The number of aromatic nitrogens is 3. The Morgan fingerprint density at radius 2 is 1.84 bits per heavy atom. The number of aromatic hydroxyl groups is 2. The largest absolute Gasteiger partial charge is 0.504 e. The van der Waals surface area contributed by atoms with Gasteiger partial charge in [0.15, 0.2) is 34.6 Å². The van der Waals surface area contributed by atoms with Crippen molar-refractivity contribution in [1.29, 1.82) is 0 Å². The summed E-state index contributed by atoms with van der Waals surface area (Å²) in [4.78, 5) is 53.8. The number of rotatable bonds is 8. The minimum Gasteiger partial charge on any atom is -0.504 e. The number of nitrogens with one attached hydrogen (secondary N) is 1. The lowest BCUT2D eigenvalue weighted by atomic mass is 10.0. The normalized spacial score (nSPS) is 17.8. The van der Waals surface area contributed by atoms with Crippen molar-refractivity contribution >= 4 is 61.3 Å². The maximum Gasteiger partial charge on any atom is 0.362 e. The second-order valence-corrected chi connectivity index (χ2v) is 9.92. The van der Waals surface area contributed by atoms with Crippen molar-refractivity contribution < 1.29 is 47.5 Å². The van der Waals surface area contributed by atoms with Gasteiger partial charge < -0.3 is 31.2 Å². The molecular formula is C19H17N7O10S2. The van der Waals surface area contributed by atoms with E-state index in [2.05, 4.69) is 25.4 Å². The van der Waals surface area contributed by atoms with E-state index in [-0.39, 0.29) is 31.9 Å². The summed E-state index contributed by atoms with van der Waals surface area (Å²) in [7, 11) is -4.82. The molecule has 2 amide bonds. The summed E-state index contributed by atoms with van der Waals surface area (Å²) in [6, 6.07) is -0.348. The van der Waals surface area contributed by atoms with Gasteiger partial charge in [-0.05, 0) is 6.92 Å². The number of carbonyl (C=O) groups excluding carboxylic acids is 2. The highest BCUT2D eigenvalue weighted by atomic mass is 32.2. The van der Waals surface area contributed by atoms with Crippen LogP contribution in [0.2, 0.25) is 0 Å². The van der Waals surface area contributed by atoms with Crippen LogP contribution in [-0.4, -0.2) is 83.1 Å². The van der Waals surface area contributed by atoms with E-state index < -0.39 is 69.7 Å². The molecule has 0 saturated carbocycles. The zero-order valence-corrected chi connectivity index (χ0v) is 20.6. The van der Waals surface area contributed by atoms with E-state index in [0.29, 0.717) is 0 Å². The second-order valence-electron chi connectivity index (χ2n) is 7.74. The van der Waals surface area contributed by atoms with Gasteiger partial charge in [-0.15, -0.1) is 11.3 Å². The Balaban J connectivity index is 1.60. The smallest absolute Gasteiger partial charge is 0.362 e. The van der Waals surface area contributed by atoms with Crippen molar-refractivity contribution in [3.63, 3.8) is 0 Å². The number of aromatic carboxylic acids is 1. The van der Waals surface area contributed by atoms with Gasteiger partial charge in [0.2, 0.25) is 0 Å². The summed E-state index contributed by atoms with van der Waals surface area (Å²) in [5.74, 6) is -4.64. The van der Waals surface area contributed by atoms with Gasteiger partial charge in [-0.1, -0.05) is 5.16 Å². The van der Waals surface area contributed by atoms with Crippen LogP contribution in [-0.2, 0) is 31.3 Å². The fraction of sp³-hybridized carbons (Fsp3) is 0.211. The van der Waals surface area contributed by atoms with Gasteiger partial charge in [0, 0.05) is 17.5 Å². The summed E-state index contributed by atoms with van der Waals surface area (Å²) in [5, 5.41) is 36.2. The van der Waals surface area contributed by atoms with Crippen molar-refractivity contribution in [3.8, 4) is 11.5 Å². The summed E-state index contributed by atoms with van der Waals surface area (Å²) in [6.07, 6.45) is 0. The zero-order chi connectivity index (χ0) is 27.9. The predicted octanol–water partition coefficient (Wildman–Crippen LogP) is -0.783. The van der Waals surface area contributed by atoms with Gasteiger partial charge >= 0.3 is 16.3 Å². The van der Waals surface area contributed by atoms with E-state index >= 15 is 0 Å². The van der Waals surface area contributed by atoms with Crippen molar-refractivity contribution in [2.45, 2.75) is 25.6 Å². The molecule has 17 nitrogen and oxygen atoms in total. The van der Waals surface area contributed by atoms with Gasteiger partial charge in [-0.25, -0.2) is 24.1 Å². The number of hydrogen-bond donors (Lipinski definition) is 6. The Morgan fingerprint density at radius 3 is 2.37 bits per heavy atom. The van der Waals surface area contributed by atoms with Crippen LogP contribution in [0.4, 0.5) is 5.13 Å². The van der Waals surface area contributed by atoms with Crippen molar-refractivity contribution in [2.24, 2.45) is 5.16 Å². The highest BCUT2D eigenvalue weighted by Gasteiger charge is 2.51. The Bertz CT molecular complexity index is 1620. The molecule has 0 radical (unpaired) electrons. The first kappa shape index (κ1) is 26.4. The lowest BCUT2D eigenvalue weighted by Crippen LogP contribution is -2.71. The molecule has 7 N–H and O–H groups in total. The maximum absolute atomic E-state index is 12.9. The number of carboxylic acid groups (broad SMARTS) is 1. The quantitative estimate of drug-likeness (QED) is 0.0641. The third kappa shape index (κ3) is 4.96. The fourth-order valence-electron chi connectivity index (χ4n) is 3.46. The average Bonchev–Trinajstić information content (AvgIpc) is 3.25. The number of carbonyl (C=O) groups is 3. The number of carboxylic acids is 1. The van der Waals surface area contributed by atoms with Crippen LogP contribution in [0.5, 0.6) is 11.5 Å². The molecule has 0 aliphatic carbocycles. The molecule has 3 aromatic rings. The first-order valence-electron chi connectivity index (χ1n) is 10.3. The van der Waals surface area contributed by atoms with Crippen LogP contribution in [0.15, 0.2) is 22.7 Å². The van der Waals surface area contributed by atoms with Crippen molar-refractivity contribution in [1.82, 2.24) is 24.6 Å². The van der Waals surface area contributed by atoms with E-state index in [9.17, 15) is 38.1 Å². The molecule has 38 heavy (non-hydrogen) atoms. The molecule has 1 aliphatic heterocycles. The number of fused-ring (bicyclic) bond motifs is 1. The van der Waals surface area contributed by atoms with Crippen LogP contribution in [0, 0.1) is 0 Å². The monoisotopic (exact) mass is 567 g/mol. The SMILES string of the molecule is C[C@@H]1[C@H](NC(=O)/C(=N/OCc2nc3cc(O)c(O)cc3nc2C(=O)O)c2csc(N)n2)C(=O)N1S(=O)(=O)O. The number of oxime groups is 1. The van der Waals surface area contributed by atoms with Crippen LogP contribution in [0.3, 0.4) is 0 Å². The number of nitrogens with two attached hydrogens (primary N) is 1. The van der Waals surface area contributed by atoms with Crippen molar-refractivity contribution in [2.75, 3.05) is 5.73 Å². The molecule has 3 heterocycles. The fourth-order valence-corrected chi connectivity index (χ4v) is 4.89. The van der Waals surface area contributed by atoms with E-state index in [4.69, 9.17) is 15.1 Å². The van der Waals surface area contributed by atoms with Gasteiger partial charge in [0.25, 0.3) is 11.8 Å². The number of benzene rings is 1. The molecule has 2 atom stereocenters. The van der Waals surface area contributed by atoms with Crippen LogP contribution in [0.1, 0.15) is 28.8 Å². The molecule has 1 saturated heterocycles. The van der Waals surface area contributed by atoms with Gasteiger partial charge in [-0.2, -0.15) is 8.42 Å². The number of phenolic OH excluding ortho intramolecular Hbond substituents is 2.